The Morgan fingerprint density at radius 3 is 2.60 bits per heavy atom. The lowest BCUT2D eigenvalue weighted by Crippen LogP contribution is -2.18. The lowest BCUT2D eigenvalue weighted by Gasteiger charge is -2.21. The number of nitrogen functional groups attached to an aromatic ring is 1. The van der Waals surface area contributed by atoms with E-state index in [4.69, 9.17) is 11.1 Å². The Bertz CT molecular complexity index is 643. The Morgan fingerprint density at radius 1 is 1.30 bits per heavy atom. The third kappa shape index (κ3) is 3.17. The summed E-state index contributed by atoms with van der Waals surface area (Å²) in [5.74, 6) is -0.190. The van der Waals surface area contributed by atoms with Crippen LogP contribution in [0, 0.1) is 11.2 Å². The number of nitrogens with zero attached hydrogens (tertiary/aromatic N) is 1. The van der Waals surface area contributed by atoms with E-state index in [0.717, 1.165) is 10.2 Å². The number of benzene rings is 2. The highest BCUT2D eigenvalue weighted by molar-refractivity contribution is 9.10. The van der Waals surface area contributed by atoms with Gasteiger partial charge in [0.2, 0.25) is 0 Å². The molecule has 0 atom stereocenters. The highest BCUT2D eigenvalue weighted by Gasteiger charge is 2.10. The van der Waals surface area contributed by atoms with Crippen LogP contribution in [-0.2, 0) is 6.54 Å². The van der Waals surface area contributed by atoms with Crippen LogP contribution in [0.2, 0.25) is 0 Å². The van der Waals surface area contributed by atoms with E-state index in [9.17, 15) is 4.39 Å². The fraction of sp³-hybridized carbons (Fsp3) is 0.133. The quantitative estimate of drug-likeness (QED) is 0.663. The first-order valence-electron chi connectivity index (χ1n) is 6.07. The summed E-state index contributed by atoms with van der Waals surface area (Å²) in [7, 11) is 1.89. The number of amidine groups is 1. The summed E-state index contributed by atoms with van der Waals surface area (Å²) in [4.78, 5) is 1.94. The first-order valence-corrected chi connectivity index (χ1v) is 6.87. The van der Waals surface area contributed by atoms with E-state index in [1.807, 2.05) is 24.1 Å². The van der Waals surface area contributed by atoms with Gasteiger partial charge in [0, 0.05) is 29.2 Å². The summed E-state index contributed by atoms with van der Waals surface area (Å²) in [5, 5.41) is 7.41. The molecule has 0 aromatic heterocycles. The van der Waals surface area contributed by atoms with Crippen LogP contribution in [0.1, 0.15) is 11.1 Å². The molecular formula is C15H15BrFN3. The monoisotopic (exact) mass is 335 g/mol. The molecule has 0 fully saturated rings. The topological polar surface area (TPSA) is 53.1 Å². The molecule has 0 saturated carbocycles. The smallest absolute Gasteiger partial charge is 0.128 e. The Labute approximate surface area is 125 Å². The predicted octanol–water partition coefficient (Wildman–Crippen LogP) is 3.51. The van der Waals surface area contributed by atoms with Gasteiger partial charge in [0.1, 0.15) is 11.7 Å². The van der Waals surface area contributed by atoms with Gasteiger partial charge in [0.15, 0.2) is 0 Å². The third-order valence-corrected chi connectivity index (χ3v) is 3.67. The Balaban J connectivity index is 2.23. The minimum absolute atomic E-state index is 0.0222. The maximum atomic E-state index is 13.7. The highest BCUT2D eigenvalue weighted by atomic mass is 79.9. The van der Waals surface area contributed by atoms with E-state index in [1.54, 1.807) is 24.3 Å². The minimum Gasteiger partial charge on any atom is -0.384 e. The first kappa shape index (κ1) is 14.5. The standard InChI is InChI=1S/C15H15BrFN3/c1-20(9-11-4-2-3-5-13(11)17)14-7-6-10(15(18)19)8-12(14)16/h2-8H,9H2,1H3,(H3,18,19). The van der Waals surface area contributed by atoms with Crippen molar-refractivity contribution in [2.75, 3.05) is 11.9 Å². The van der Waals surface area contributed by atoms with Gasteiger partial charge in [-0.1, -0.05) is 18.2 Å². The van der Waals surface area contributed by atoms with Crippen molar-refractivity contribution in [1.29, 1.82) is 5.41 Å². The number of nitrogens with two attached hydrogens (primary N) is 1. The minimum atomic E-state index is -0.212. The average Bonchev–Trinajstić information content (AvgIpc) is 2.41. The van der Waals surface area contributed by atoms with Crippen LogP contribution in [-0.4, -0.2) is 12.9 Å². The third-order valence-electron chi connectivity index (χ3n) is 3.04. The second kappa shape index (κ2) is 6.05. The Kier molecular flexibility index (Phi) is 4.39. The van der Waals surface area contributed by atoms with Gasteiger partial charge >= 0.3 is 0 Å². The van der Waals surface area contributed by atoms with Crippen molar-refractivity contribution in [3.05, 3.63) is 63.9 Å². The molecule has 20 heavy (non-hydrogen) atoms. The van der Waals surface area contributed by atoms with Crippen LogP contribution >= 0.6 is 15.9 Å². The van der Waals surface area contributed by atoms with Crippen molar-refractivity contribution in [3.8, 4) is 0 Å². The van der Waals surface area contributed by atoms with Gasteiger partial charge in [-0.05, 0) is 40.2 Å². The normalized spacial score (nSPS) is 10.3. The second-order valence-electron chi connectivity index (χ2n) is 4.53. The summed E-state index contributed by atoms with van der Waals surface area (Å²) in [6, 6.07) is 12.1. The van der Waals surface area contributed by atoms with Gasteiger partial charge < -0.3 is 10.6 Å². The lowest BCUT2D eigenvalue weighted by atomic mass is 10.1. The molecule has 3 nitrogen and oxygen atoms in total. The van der Waals surface area contributed by atoms with Crippen LogP contribution in [0.5, 0.6) is 0 Å². The Morgan fingerprint density at radius 2 is 2.00 bits per heavy atom. The molecule has 0 saturated heterocycles. The fourth-order valence-electron chi connectivity index (χ4n) is 1.95. The van der Waals surface area contributed by atoms with E-state index >= 15 is 0 Å². The van der Waals surface area contributed by atoms with Gasteiger partial charge in [0.05, 0.1) is 5.69 Å². The highest BCUT2D eigenvalue weighted by Crippen LogP contribution is 2.27. The SMILES string of the molecule is CN(Cc1ccccc1F)c1ccc(C(=N)N)cc1Br. The van der Waals surface area contributed by atoms with Crippen molar-refractivity contribution in [2.45, 2.75) is 6.54 Å². The summed E-state index contributed by atoms with van der Waals surface area (Å²) < 4.78 is 14.5. The maximum absolute atomic E-state index is 13.7. The molecule has 0 aliphatic carbocycles. The molecule has 0 amide bonds. The number of rotatable bonds is 4. The van der Waals surface area contributed by atoms with Crippen LogP contribution in [0.4, 0.5) is 10.1 Å². The molecule has 0 spiro atoms. The van der Waals surface area contributed by atoms with Gasteiger partial charge in [-0.15, -0.1) is 0 Å². The van der Waals surface area contributed by atoms with Crippen LogP contribution < -0.4 is 10.6 Å². The Hall–Kier alpha value is -1.88. The molecule has 2 rings (SSSR count). The number of hydrogen-bond donors (Lipinski definition) is 2. The zero-order chi connectivity index (χ0) is 14.7. The first-order chi connectivity index (χ1) is 9.49. The van der Waals surface area contributed by atoms with Crippen molar-refractivity contribution in [3.63, 3.8) is 0 Å². The van der Waals surface area contributed by atoms with Crippen LogP contribution in [0.25, 0.3) is 0 Å². The largest absolute Gasteiger partial charge is 0.384 e. The van der Waals surface area contributed by atoms with E-state index in [-0.39, 0.29) is 11.7 Å². The van der Waals surface area contributed by atoms with Gasteiger partial charge in [-0.2, -0.15) is 0 Å². The molecule has 0 aliphatic heterocycles. The molecule has 3 N–H and O–H groups in total. The molecular weight excluding hydrogens is 321 g/mol. The van der Waals surface area contributed by atoms with Crippen molar-refractivity contribution >= 4 is 27.5 Å². The molecule has 2 aromatic carbocycles. The van der Waals surface area contributed by atoms with Crippen LogP contribution in [0.15, 0.2) is 46.9 Å². The lowest BCUT2D eigenvalue weighted by molar-refractivity contribution is 0.608. The molecule has 2 aromatic rings. The van der Waals surface area contributed by atoms with Crippen molar-refractivity contribution in [1.82, 2.24) is 0 Å². The van der Waals surface area contributed by atoms with E-state index < -0.39 is 0 Å². The molecule has 5 heteroatoms. The van der Waals surface area contributed by atoms with Crippen molar-refractivity contribution in [2.24, 2.45) is 5.73 Å². The number of halogens is 2. The zero-order valence-electron chi connectivity index (χ0n) is 11.0. The van der Waals surface area contributed by atoms with Crippen molar-refractivity contribution < 1.29 is 4.39 Å². The fourth-order valence-corrected chi connectivity index (χ4v) is 2.63. The van der Waals surface area contributed by atoms with Gasteiger partial charge in [-0.3, -0.25) is 5.41 Å². The average molecular weight is 336 g/mol. The van der Waals surface area contributed by atoms with E-state index in [1.165, 1.54) is 6.07 Å². The second-order valence-corrected chi connectivity index (χ2v) is 5.38. The molecule has 0 unspecified atom stereocenters. The summed E-state index contributed by atoms with van der Waals surface area (Å²) in [5.41, 5.74) is 7.66. The zero-order valence-corrected chi connectivity index (χ0v) is 12.6. The van der Waals surface area contributed by atoms with Gasteiger partial charge in [-0.25, -0.2) is 4.39 Å². The maximum Gasteiger partial charge on any atom is 0.128 e. The van der Waals surface area contributed by atoms with Crippen LogP contribution in [0.3, 0.4) is 0 Å². The molecule has 0 aliphatic rings. The van der Waals surface area contributed by atoms with E-state index in [0.29, 0.717) is 17.7 Å². The number of anilines is 1. The molecule has 0 heterocycles. The van der Waals surface area contributed by atoms with E-state index in [2.05, 4.69) is 15.9 Å². The number of nitrogens with one attached hydrogen (secondary N) is 1. The molecule has 0 bridgehead atoms. The predicted molar refractivity (Wildman–Crippen MR) is 83.7 cm³/mol. The number of hydrogen-bond acceptors (Lipinski definition) is 2. The summed E-state index contributed by atoms with van der Waals surface area (Å²) in [6.45, 7) is 0.463. The molecule has 0 radical (unpaired) electrons. The molecule has 104 valence electrons. The summed E-state index contributed by atoms with van der Waals surface area (Å²) >= 11 is 3.46. The summed E-state index contributed by atoms with van der Waals surface area (Å²) in [6.07, 6.45) is 0. The van der Waals surface area contributed by atoms with Gasteiger partial charge in [0.25, 0.3) is 0 Å².